The summed E-state index contributed by atoms with van der Waals surface area (Å²) < 4.78 is 13.0. The van der Waals surface area contributed by atoms with Crippen LogP contribution in [0.15, 0.2) is 0 Å². The largest absolute Gasteiger partial charge is 0.393 e. The zero-order valence-corrected chi connectivity index (χ0v) is 6.09. The van der Waals surface area contributed by atoms with E-state index in [0.717, 1.165) is 12.2 Å². The summed E-state index contributed by atoms with van der Waals surface area (Å²) in [5.41, 5.74) is -1.26. The van der Waals surface area contributed by atoms with Crippen molar-refractivity contribution in [3.8, 4) is 0 Å². The van der Waals surface area contributed by atoms with E-state index in [1.165, 1.54) is 0 Å². The topological polar surface area (TPSA) is 20.2 Å². The maximum absolute atomic E-state index is 13.0. The summed E-state index contributed by atoms with van der Waals surface area (Å²) >= 11 is 1.59. The van der Waals surface area contributed by atoms with Crippen LogP contribution < -0.4 is 0 Å². The highest BCUT2D eigenvalue weighted by Gasteiger charge is 2.30. The third-order valence-corrected chi connectivity index (χ3v) is 2.86. The number of halogens is 1. The standard InChI is InChI=1S/C6H11FOS/c7-6(4-8)2-1-3-9-5-6/h8H,1-5H2. The quantitative estimate of drug-likeness (QED) is 0.606. The summed E-state index contributed by atoms with van der Waals surface area (Å²) in [6.45, 7) is -0.306. The summed E-state index contributed by atoms with van der Waals surface area (Å²) in [5.74, 6) is 1.52. The van der Waals surface area contributed by atoms with Gasteiger partial charge in [-0.05, 0) is 18.6 Å². The molecule has 1 atom stereocenters. The van der Waals surface area contributed by atoms with Crippen LogP contribution in [0.5, 0.6) is 0 Å². The lowest BCUT2D eigenvalue weighted by molar-refractivity contribution is 0.0813. The first-order chi connectivity index (χ1) is 4.27. The van der Waals surface area contributed by atoms with E-state index >= 15 is 0 Å². The zero-order chi connectivity index (χ0) is 6.74. The fraction of sp³-hybridized carbons (Fsp3) is 1.00. The normalized spacial score (nSPS) is 36.7. The summed E-state index contributed by atoms with van der Waals surface area (Å²) in [6, 6.07) is 0. The molecular formula is C6H11FOS. The molecule has 0 aliphatic carbocycles. The second-order valence-corrected chi connectivity index (χ2v) is 3.57. The van der Waals surface area contributed by atoms with Gasteiger partial charge in [-0.2, -0.15) is 11.8 Å². The van der Waals surface area contributed by atoms with Gasteiger partial charge in [0.2, 0.25) is 0 Å². The van der Waals surface area contributed by atoms with Gasteiger partial charge in [-0.15, -0.1) is 0 Å². The van der Waals surface area contributed by atoms with Crippen molar-refractivity contribution in [1.82, 2.24) is 0 Å². The molecule has 0 amide bonds. The lowest BCUT2D eigenvalue weighted by Gasteiger charge is -2.26. The molecule has 0 spiro atoms. The molecule has 0 aromatic carbocycles. The Bertz CT molecular complexity index is 91.1. The van der Waals surface area contributed by atoms with E-state index in [-0.39, 0.29) is 6.61 Å². The third-order valence-electron chi connectivity index (χ3n) is 1.56. The Morgan fingerprint density at radius 1 is 1.67 bits per heavy atom. The van der Waals surface area contributed by atoms with Crippen molar-refractivity contribution in [3.05, 3.63) is 0 Å². The van der Waals surface area contributed by atoms with E-state index < -0.39 is 5.67 Å². The summed E-state index contributed by atoms with van der Waals surface area (Å²) in [7, 11) is 0. The molecule has 54 valence electrons. The van der Waals surface area contributed by atoms with Gasteiger partial charge >= 0.3 is 0 Å². The average Bonchev–Trinajstić information content (AvgIpc) is 1.90. The highest BCUT2D eigenvalue weighted by Crippen LogP contribution is 2.29. The Morgan fingerprint density at radius 2 is 2.44 bits per heavy atom. The summed E-state index contributed by atoms with van der Waals surface area (Å²) in [6.07, 6.45) is 1.44. The van der Waals surface area contributed by atoms with Crippen molar-refractivity contribution >= 4 is 11.8 Å². The number of hydrogen-bond acceptors (Lipinski definition) is 2. The Balaban J connectivity index is 2.37. The highest BCUT2D eigenvalue weighted by atomic mass is 32.2. The van der Waals surface area contributed by atoms with Gasteiger partial charge in [0.15, 0.2) is 0 Å². The van der Waals surface area contributed by atoms with E-state index in [1.807, 2.05) is 0 Å². The molecule has 0 aromatic heterocycles. The van der Waals surface area contributed by atoms with E-state index in [4.69, 9.17) is 5.11 Å². The fourth-order valence-electron chi connectivity index (χ4n) is 0.943. The zero-order valence-electron chi connectivity index (χ0n) is 5.27. The van der Waals surface area contributed by atoms with Gasteiger partial charge in [0.05, 0.1) is 6.61 Å². The van der Waals surface area contributed by atoms with Crippen molar-refractivity contribution in [3.63, 3.8) is 0 Å². The van der Waals surface area contributed by atoms with Gasteiger partial charge in [-0.3, -0.25) is 0 Å². The highest BCUT2D eigenvalue weighted by molar-refractivity contribution is 7.99. The van der Waals surface area contributed by atoms with Crippen LogP contribution in [-0.2, 0) is 0 Å². The van der Waals surface area contributed by atoms with Crippen LogP contribution >= 0.6 is 11.8 Å². The third kappa shape index (κ3) is 1.83. The van der Waals surface area contributed by atoms with Crippen LogP contribution in [-0.4, -0.2) is 28.9 Å². The molecule has 1 aliphatic heterocycles. The second-order valence-electron chi connectivity index (χ2n) is 2.47. The molecule has 1 fully saturated rings. The molecule has 0 saturated carbocycles. The molecule has 3 heteroatoms. The van der Waals surface area contributed by atoms with Crippen LogP contribution in [0.25, 0.3) is 0 Å². The van der Waals surface area contributed by atoms with Crippen molar-refractivity contribution in [2.75, 3.05) is 18.1 Å². The molecule has 1 N–H and O–H groups in total. The van der Waals surface area contributed by atoms with E-state index in [1.54, 1.807) is 11.8 Å². The van der Waals surface area contributed by atoms with Crippen molar-refractivity contribution in [2.45, 2.75) is 18.5 Å². The number of hydrogen-bond donors (Lipinski definition) is 1. The minimum atomic E-state index is -1.26. The minimum Gasteiger partial charge on any atom is -0.393 e. The maximum atomic E-state index is 13.0. The molecule has 1 saturated heterocycles. The SMILES string of the molecule is OCC1(F)CCCSC1. The molecule has 1 nitrogen and oxygen atoms in total. The predicted molar refractivity (Wildman–Crippen MR) is 37.5 cm³/mol. The number of aliphatic hydroxyl groups excluding tert-OH is 1. The van der Waals surface area contributed by atoms with Crippen LogP contribution in [0, 0.1) is 0 Å². The number of thioether (sulfide) groups is 1. The first-order valence-electron chi connectivity index (χ1n) is 3.14. The molecule has 1 unspecified atom stereocenters. The van der Waals surface area contributed by atoms with E-state index in [0.29, 0.717) is 12.2 Å². The Hall–Kier alpha value is 0.240. The number of rotatable bonds is 1. The van der Waals surface area contributed by atoms with Gasteiger partial charge < -0.3 is 5.11 Å². The monoisotopic (exact) mass is 150 g/mol. The first-order valence-corrected chi connectivity index (χ1v) is 4.30. The lowest BCUT2D eigenvalue weighted by Crippen LogP contribution is -2.33. The molecule has 0 bridgehead atoms. The van der Waals surface area contributed by atoms with E-state index in [2.05, 4.69) is 0 Å². The van der Waals surface area contributed by atoms with Gasteiger partial charge in [-0.1, -0.05) is 0 Å². The van der Waals surface area contributed by atoms with Gasteiger partial charge in [-0.25, -0.2) is 4.39 Å². The van der Waals surface area contributed by atoms with E-state index in [9.17, 15) is 4.39 Å². The molecule has 1 aliphatic rings. The second kappa shape index (κ2) is 2.88. The molecule has 1 heterocycles. The van der Waals surface area contributed by atoms with Gasteiger partial charge in [0, 0.05) is 5.75 Å². The lowest BCUT2D eigenvalue weighted by atomic mass is 10.0. The Kier molecular flexibility index (Phi) is 2.35. The number of alkyl halides is 1. The average molecular weight is 150 g/mol. The smallest absolute Gasteiger partial charge is 0.142 e. The molecule has 9 heavy (non-hydrogen) atoms. The van der Waals surface area contributed by atoms with Crippen LogP contribution in [0.1, 0.15) is 12.8 Å². The van der Waals surface area contributed by atoms with Crippen LogP contribution in [0.2, 0.25) is 0 Å². The van der Waals surface area contributed by atoms with Crippen molar-refractivity contribution in [1.29, 1.82) is 0 Å². The summed E-state index contributed by atoms with van der Waals surface area (Å²) in [4.78, 5) is 0. The van der Waals surface area contributed by atoms with Gasteiger partial charge in [0.25, 0.3) is 0 Å². The number of aliphatic hydroxyl groups is 1. The van der Waals surface area contributed by atoms with Crippen LogP contribution in [0.4, 0.5) is 4.39 Å². The Morgan fingerprint density at radius 3 is 2.78 bits per heavy atom. The maximum Gasteiger partial charge on any atom is 0.142 e. The van der Waals surface area contributed by atoms with Crippen LogP contribution in [0.3, 0.4) is 0 Å². The Labute approximate surface area is 58.6 Å². The minimum absolute atomic E-state index is 0.306. The predicted octanol–water partition coefficient (Wildman–Crippen LogP) is 1.21. The molecule has 1 rings (SSSR count). The first kappa shape index (κ1) is 7.35. The fourth-order valence-corrected chi connectivity index (χ4v) is 2.04. The molecule has 0 aromatic rings. The summed E-state index contributed by atoms with van der Waals surface area (Å²) in [5, 5.41) is 8.56. The van der Waals surface area contributed by atoms with Crippen molar-refractivity contribution < 1.29 is 9.50 Å². The molecular weight excluding hydrogens is 139 g/mol. The van der Waals surface area contributed by atoms with Gasteiger partial charge in [0.1, 0.15) is 5.67 Å². The molecule has 0 radical (unpaired) electrons. The van der Waals surface area contributed by atoms with Crippen molar-refractivity contribution in [2.24, 2.45) is 0 Å².